The van der Waals surface area contributed by atoms with Gasteiger partial charge in [0.2, 0.25) is 0 Å². The van der Waals surface area contributed by atoms with E-state index in [4.69, 9.17) is 0 Å². The van der Waals surface area contributed by atoms with Crippen LogP contribution in [0.1, 0.15) is 5.56 Å². The van der Waals surface area contributed by atoms with Crippen LogP contribution in [0.4, 0.5) is 0 Å². The Kier molecular flexibility index (Phi) is 4.08. The van der Waals surface area contributed by atoms with Crippen LogP contribution in [0.3, 0.4) is 0 Å². The van der Waals surface area contributed by atoms with Gasteiger partial charge in [0.25, 0.3) is 0 Å². The van der Waals surface area contributed by atoms with E-state index in [0.29, 0.717) is 0 Å². The zero-order valence-corrected chi connectivity index (χ0v) is 7.90. The molecule has 0 saturated carbocycles. The average molecular weight is 166 g/mol. The minimum atomic E-state index is 0. The van der Waals surface area contributed by atoms with Crippen LogP contribution in [-0.2, 0) is 6.54 Å². The predicted octanol–water partition coefficient (Wildman–Crippen LogP) is -1.59. The first-order chi connectivity index (χ1) is 5.95. The molecule has 1 aromatic rings. The van der Waals surface area contributed by atoms with Crippen molar-refractivity contribution in [2.45, 2.75) is 6.54 Å². The molecule has 1 aliphatic heterocycles. The quantitative estimate of drug-likeness (QED) is 0.382. The fourth-order valence-corrected chi connectivity index (χ4v) is 1.29. The van der Waals surface area contributed by atoms with E-state index >= 15 is 0 Å². The van der Waals surface area contributed by atoms with Crippen molar-refractivity contribution in [3.63, 3.8) is 0 Å². The molecule has 1 aromatic carbocycles. The third-order valence-electron chi connectivity index (χ3n) is 1.91. The molecule has 0 bridgehead atoms. The minimum Gasteiger partial charge on any atom is -0.533 e. The number of aliphatic imine (C=N–C) groups is 1. The molecule has 0 aromatic heterocycles. The maximum Gasteiger partial charge on any atom is 1.00 e. The summed E-state index contributed by atoms with van der Waals surface area (Å²) < 4.78 is 0. The maximum atomic E-state index is 4.04. The van der Waals surface area contributed by atoms with Crippen molar-refractivity contribution in [1.82, 2.24) is 4.90 Å². The van der Waals surface area contributed by atoms with Gasteiger partial charge in [0, 0.05) is 19.6 Å². The van der Waals surface area contributed by atoms with Crippen molar-refractivity contribution in [2.24, 2.45) is 4.99 Å². The van der Waals surface area contributed by atoms with Crippen LogP contribution in [0.2, 0.25) is 0 Å². The molecule has 1 heterocycles. The van der Waals surface area contributed by atoms with Crippen molar-refractivity contribution in [2.75, 3.05) is 13.1 Å². The minimum absolute atomic E-state index is 0. The first-order valence-electron chi connectivity index (χ1n) is 4.16. The van der Waals surface area contributed by atoms with Gasteiger partial charge in [-0.05, 0) is 5.56 Å². The Bertz CT molecular complexity index is 272. The Morgan fingerprint density at radius 2 is 2.08 bits per heavy atom. The zero-order chi connectivity index (χ0) is 8.23. The van der Waals surface area contributed by atoms with Crippen molar-refractivity contribution in [1.29, 1.82) is 0 Å². The molecule has 0 spiro atoms. The van der Waals surface area contributed by atoms with Gasteiger partial charge in [0.1, 0.15) is 0 Å². The van der Waals surface area contributed by atoms with Crippen LogP contribution in [0.5, 0.6) is 0 Å². The first-order valence-corrected chi connectivity index (χ1v) is 4.16. The molecule has 1 aliphatic rings. The summed E-state index contributed by atoms with van der Waals surface area (Å²) in [5.74, 6) is 0. The van der Waals surface area contributed by atoms with Gasteiger partial charge < -0.3 is 9.89 Å². The van der Waals surface area contributed by atoms with Gasteiger partial charge in [0.05, 0.1) is 0 Å². The average Bonchev–Trinajstić information content (AvgIpc) is 2.59. The van der Waals surface area contributed by atoms with Crippen LogP contribution < -0.4 is 18.9 Å². The second-order valence-electron chi connectivity index (χ2n) is 2.89. The molecule has 0 fully saturated rings. The summed E-state index contributed by atoms with van der Waals surface area (Å²) >= 11 is 0. The van der Waals surface area contributed by atoms with Crippen molar-refractivity contribution in [3.8, 4) is 0 Å². The van der Waals surface area contributed by atoms with Crippen molar-refractivity contribution in [3.05, 3.63) is 35.9 Å². The van der Waals surface area contributed by atoms with Gasteiger partial charge >= 0.3 is 18.9 Å². The molecule has 0 atom stereocenters. The predicted molar refractivity (Wildman–Crippen MR) is 49.2 cm³/mol. The smallest absolute Gasteiger partial charge is 0.533 e. The molecule has 2 nitrogen and oxygen atoms in total. The largest absolute Gasteiger partial charge is 1.00 e. The van der Waals surface area contributed by atoms with E-state index in [-0.39, 0.29) is 18.9 Å². The van der Waals surface area contributed by atoms with Gasteiger partial charge in [-0.15, -0.1) is 0 Å². The third-order valence-corrected chi connectivity index (χ3v) is 1.91. The third kappa shape index (κ3) is 2.91. The van der Waals surface area contributed by atoms with E-state index in [1.54, 1.807) is 0 Å². The standard InChI is InChI=1S/C10H11N2.Li/c1-2-4-10(5-3-1)8-12-7-6-11-9-12;/h1-5H,6-8H2;/q-1;+1. The van der Waals surface area contributed by atoms with E-state index < -0.39 is 0 Å². The summed E-state index contributed by atoms with van der Waals surface area (Å²) in [7, 11) is 0. The van der Waals surface area contributed by atoms with Gasteiger partial charge in [-0.2, -0.15) is 0 Å². The monoisotopic (exact) mass is 166 g/mol. The Balaban J connectivity index is 0.000000845. The number of benzene rings is 1. The van der Waals surface area contributed by atoms with Gasteiger partial charge in [-0.25, -0.2) is 0 Å². The van der Waals surface area contributed by atoms with E-state index in [1.807, 2.05) is 6.07 Å². The van der Waals surface area contributed by atoms with Crippen LogP contribution in [0.15, 0.2) is 35.3 Å². The molecule has 0 amide bonds. The molecular weight excluding hydrogens is 155 g/mol. The van der Waals surface area contributed by atoms with Gasteiger partial charge in [-0.3, -0.25) is 6.34 Å². The Labute approximate surface area is 90.8 Å². The molecule has 0 saturated heterocycles. The molecular formula is C10H11LiN2. The second-order valence-corrected chi connectivity index (χ2v) is 2.89. The first kappa shape index (κ1) is 10.4. The van der Waals surface area contributed by atoms with E-state index in [1.165, 1.54) is 5.56 Å². The van der Waals surface area contributed by atoms with Crippen LogP contribution in [-0.4, -0.2) is 24.3 Å². The Morgan fingerprint density at radius 1 is 1.31 bits per heavy atom. The Morgan fingerprint density at radius 3 is 2.69 bits per heavy atom. The summed E-state index contributed by atoms with van der Waals surface area (Å²) in [6, 6.07) is 10.4. The van der Waals surface area contributed by atoms with E-state index in [0.717, 1.165) is 19.6 Å². The molecule has 2 rings (SSSR count). The molecule has 0 N–H and O–H groups in total. The van der Waals surface area contributed by atoms with Crippen LogP contribution in [0.25, 0.3) is 0 Å². The number of nitrogens with zero attached hydrogens (tertiary/aromatic N) is 2. The van der Waals surface area contributed by atoms with Crippen molar-refractivity contribution < 1.29 is 18.9 Å². The number of hydrogen-bond donors (Lipinski definition) is 0. The summed E-state index contributed by atoms with van der Waals surface area (Å²) in [6.45, 7) is 2.84. The maximum absolute atomic E-state index is 4.04. The summed E-state index contributed by atoms with van der Waals surface area (Å²) in [5, 5.41) is 0. The van der Waals surface area contributed by atoms with Crippen LogP contribution >= 0.6 is 0 Å². The van der Waals surface area contributed by atoms with Gasteiger partial charge in [-0.1, -0.05) is 30.3 Å². The molecule has 62 valence electrons. The van der Waals surface area contributed by atoms with Gasteiger partial charge in [0.15, 0.2) is 0 Å². The fourth-order valence-electron chi connectivity index (χ4n) is 1.29. The molecule has 0 radical (unpaired) electrons. The second kappa shape index (κ2) is 5.11. The summed E-state index contributed by atoms with van der Waals surface area (Å²) in [4.78, 5) is 6.14. The fraction of sp³-hybridized carbons (Fsp3) is 0.300. The normalized spacial score (nSPS) is 14.3. The van der Waals surface area contributed by atoms with Crippen LogP contribution in [0, 0.1) is 0 Å². The van der Waals surface area contributed by atoms with Crippen molar-refractivity contribution >= 4 is 6.34 Å². The topological polar surface area (TPSA) is 15.6 Å². The molecule has 13 heavy (non-hydrogen) atoms. The molecule has 0 unspecified atom stereocenters. The zero-order valence-electron chi connectivity index (χ0n) is 7.90. The van der Waals surface area contributed by atoms with E-state index in [2.05, 4.69) is 40.5 Å². The Hall–Kier alpha value is -0.713. The SMILES string of the molecule is [C-]1=NCCN1Cc1ccccc1.[Li+]. The molecule has 3 heteroatoms. The molecule has 0 aliphatic carbocycles. The summed E-state index contributed by atoms with van der Waals surface area (Å²) in [5.41, 5.74) is 1.32. The number of hydrogen-bond acceptors (Lipinski definition) is 2. The number of rotatable bonds is 2. The van der Waals surface area contributed by atoms with E-state index in [9.17, 15) is 0 Å². The summed E-state index contributed by atoms with van der Waals surface area (Å²) in [6.07, 6.45) is 2.96.